The minimum absolute atomic E-state index is 0.201. The summed E-state index contributed by atoms with van der Waals surface area (Å²) in [6, 6.07) is 13.6. The van der Waals surface area contributed by atoms with Crippen molar-refractivity contribution in [2.24, 2.45) is 5.73 Å². The molecule has 1 unspecified atom stereocenters. The van der Waals surface area contributed by atoms with Crippen molar-refractivity contribution in [3.63, 3.8) is 0 Å². The number of hydrogen-bond donors (Lipinski definition) is 1. The molecule has 0 radical (unpaired) electrons. The lowest BCUT2D eigenvalue weighted by molar-refractivity contribution is -0.119. The molecule has 2 heterocycles. The molecule has 0 saturated carbocycles. The van der Waals surface area contributed by atoms with Gasteiger partial charge in [0.05, 0.1) is 6.54 Å². The van der Waals surface area contributed by atoms with Crippen LogP contribution >= 0.6 is 0 Å². The van der Waals surface area contributed by atoms with E-state index in [1.54, 1.807) is 0 Å². The number of amides is 1. The number of piperazine rings is 1. The van der Waals surface area contributed by atoms with Gasteiger partial charge in [0.2, 0.25) is 5.91 Å². The molecule has 1 fully saturated rings. The van der Waals surface area contributed by atoms with Gasteiger partial charge in [0.15, 0.2) is 5.82 Å². The molecule has 1 aliphatic heterocycles. The fourth-order valence-corrected chi connectivity index (χ4v) is 5.98. The molecule has 1 amide bonds. The molecule has 3 aromatic rings. The van der Waals surface area contributed by atoms with E-state index in [1.807, 2.05) is 0 Å². The Morgan fingerprint density at radius 2 is 1.70 bits per heavy atom. The Morgan fingerprint density at radius 1 is 1.00 bits per heavy atom. The SMILES string of the molecule is CCc1cccc(CC)c1-c1nc(C)c(CCc2cc(C(C)C)ccc2C)c(N2CCN(CC(N)=O)C(C)C2)n1. The normalized spacial score (nSPS) is 16.1. The molecule has 40 heavy (non-hydrogen) atoms. The maximum Gasteiger partial charge on any atom is 0.231 e. The average molecular weight is 542 g/mol. The van der Waals surface area contributed by atoms with E-state index in [1.165, 1.54) is 38.9 Å². The topological polar surface area (TPSA) is 75.3 Å². The lowest BCUT2D eigenvalue weighted by atomic mass is 9.93. The van der Waals surface area contributed by atoms with Crippen LogP contribution in [0.5, 0.6) is 0 Å². The highest BCUT2D eigenvalue weighted by Crippen LogP contribution is 2.32. The number of anilines is 1. The Kier molecular flexibility index (Phi) is 9.62. The number of carbonyl (C=O) groups excluding carboxylic acids is 1. The molecule has 0 spiro atoms. The van der Waals surface area contributed by atoms with Gasteiger partial charge in [-0.05, 0) is 80.2 Å². The standard InChI is InChI=1S/C34H47N5O/c1-8-26-11-10-12-27(9-2)32(26)33-36-25(7)30(16-15-29-19-28(22(3)4)14-13-23(29)5)34(37-33)39-18-17-38(21-31(35)40)24(6)20-39/h10-14,19,22,24H,8-9,15-18,20-21H2,1-7H3,(H2,35,40). The lowest BCUT2D eigenvalue weighted by Crippen LogP contribution is -2.54. The molecule has 0 aliphatic carbocycles. The first kappa shape index (κ1) is 29.7. The van der Waals surface area contributed by atoms with Gasteiger partial charge in [0.1, 0.15) is 5.82 Å². The van der Waals surface area contributed by atoms with Crippen molar-refractivity contribution in [1.29, 1.82) is 0 Å². The highest BCUT2D eigenvalue weighted by molar-refractivity contribution is 5.76. The Balaban J connectivity index is 1.77. The maximum atomic E-state index is 11.6. The Morgan fingerprint density at radius 3 is 2.30 bits per heavy atom. The van der Waals surface area contributed by atoms with Crippen molar-refractivity contribution < 1.29 is 4.79 Å². The van der Waals surface area contributed by atoms with E-state index >= 15 is 0 Å². The fourth-order valence-electron chi connectivity index (χ4n) is 5.98. The van der Waals surface area contributed by atoms with Gasteiger partial charge >= 0.3 is 0 Å². The van der Waals surface area contributed by atoms with Gasteiger partial charge in [-0.3, -0.25) is 9.69 Å². The van der Waals surface area contributed by atoms with E-state index in [2.05, 4.69) is 94.7 Å². The third kappa shape index (κ3) is 6.55. The summed E-state index contributed by atoms with van der Waals surface area (Å²) in [7, 11) is 0. The predicted molar refractivity (Wildman–Crippen MR) is 166 cm³/mol. The highest BCUT2D eigenvalue weighted by Gasteiger charge is 2.28. The first-order valence-electron chi connectivity index (χ1n) is 15.0. The van der Waals surface area contributed by atoms with Crippen molar-refractivity contribution in [2.75, 3.05) is 31.1 Å². The minimum atomic E-state index is -0.275. The molecule has 0 bridgehead atoms. The number of carbonyl (C=O) groups is 1. The number of aryl methyl sites for hydroxylation is 5. The second-order valence-corrected chi connectivity index (χ2v) is 11.7. The van der Waals surface area contributed by atoms with E-state index in [4.69, 9.17) is 15.7 Å². The third-order valence-electron chi connectivity index (χ3n) is 8.52. The van der Waals surface area contributed by atoms with E-state index in [0.717, 1.165) is 62.7 Å². The summed E-state index contributed by atoms with van der Waals surface area (Å²) < 4.78 is 0. The van der Waals surface area contributed by atoms with E-state index in [0.29, 0.717) is 12.5 Å². The summed E-state index contributed by atoms with van der Waals surface area (Å²) in [4.78, 5) is 26.7. The van der Waals surface area contributed by atoms with Crippen LogP contribution in [0.25, 0.3) is 11.4 Å². The minimum Gasteiger partial charge on any atom is -0.369 e. The Labute approximate surface area is 241 Å². The average Bonchev–Trinajstić information content (AvgIpc) is 2.93. The summed E-state index contributed by atoms with van der Waals surface area (Å²) in [5.41, 5.74) is 15.7. The van der Waals surface area contributed by atoms with Crippen molar-refractivity contribution in [2.45, 2.75) is 86.1 Å². The number of primary amides is 1. The van der Waals surface area contributed by atoms with Gasteiger partial charge in [-0.2, -0.15) is 0 Å². The first-order valence-corrected chi connectivity index (χ1v) is 15.0. The van der Waals surface area contributed by atoms with Crippen LogP contribution in [-0.4, -0.2) is 53.0 Å². The van der Waals surface area contributed by atoms with Crippen LogP contribution < -0.4 is 10.6 Å². The van der Waals surface area contributed by atoms with E-state index < -0.39 is 0 Å². The van der Waals surface area contributed by atoms with Gasteiger partial charge in [0, 0.05) is 42.5 Å². The monoisotopic (exact) mass is 541 g/mol. The second kappa shape index (κ2) is 12.9. The fraction of sp³-hybridized carbons (Fsp3) is 0.500. The van der Waals surface area contributed by atoms with Gasteiger partial charge < -0.3 is 10.6 Å². The van der Waals surface area contributed by atoms with Crippen LogP contribution in [0.2, 0.25) is 0 Å². The van der Waals surface area contributed by atoms with Gasteiger partial charge in [-0.15, -0.1) is 0 Å². The lowest BCUT2D eigenvalue weighted by Gasteiger charge is -2.40. The van der Waals surface area contributed by atoms with Crippen molar-refractivity contribution >= 4 is 11.7 Å². The summed E-state index contributed by atoms with van der Waals surface area (Å²) in [6.45, 7) is 18.1. The highest BCUT2D eigenvalue weighted by atomic mass is 16.1. The number of rotatable bonds is 10. The number of nitrogens with two attached hydrogens (primary N) is 1. The molecule has 1 saturated heterocycles. The molecule has 4 rings (SSSR count). The van der Waals surface area contributed by atoms with Crippen LogP contribution in [-0.2, 0) is 30.5 Å². The van der Waals surface area contributed by atoms with Gasteiger partial charge in [-0.1, -0.05) is 64.1 Å². The maximum absolute atomic E-state index is 11.6. The first-order chi connectivity index (χ1) is 19.1. The van der Waals surface area contributed by atoms with Crippen LogP contribution in [0, 0.1) is 13.8 Å². The van der Waals surface area contributed by atoms with E-state index in [9.17, 15) is 4.79 Å². The second-order valence-electron chi connectivity index (χ2n) is 11.7. The number of benzene rings is 2. The molecule has 1 atom stereocenters. The van der Waals surface area contributed by atoms with Crippen LogP contribution in [0.1, 0.15) is 79.6 Å². The van der Waals surface area contributed by atoms with Gasteiger partial charge in [0.25, 0.3) is 0 Å². The molecular weight excluding hydrogens is 494 g/mol. The van der Waals surface area contributed by atoms with Crippen molar-refractivity contribution in [3.05, 3.63) is 75.5 Å². The van der Waals surface area contributed by atoms with Crippen LogP contribution in [0.3, 0.4) is 0 Å². The molecule has 2 N–H and O–H groups in total. The molecule has 2 aromatic carbocycles. The third-order valence-corrected chi connectivity index (χ3v) is 8.52. The summed E-state index contributed by atoms with van der Waals surface area (Å²) in [5.74, 6) is 2.10. The van der Waals surface area contributed by atoms with Crippen LogP contribution in [0.4, 0.5) is 5.82 Å². The van der Waals surface area contributed by atoms with Crippen molar-refractivity contribution in [3.8, 4) is 11.4 Å². The zero-order valence-corrected chi connectivity index (χ0v) is 25.6. The molecular formula is C34H47N5O. The van der Waals surface area contributed by atoms with Crippen LogP contribution in [0.15, 0.2) is 36.4 Å². The number of hydrogen-bond acceptors (Lipinski definition) is 5. The Bertz CT molecular complexity index is 1330. The Hall–Kier alpha value is -3.25. The smallest absolute Gasteiger partial charge is 0.231 e. The largest absolute Gasteiger partial charge is 0.369 e. The summed E-state index contributed by atoms with van der Waals surface area (Å²) in [6.07, 6.45) is 3.72. The van der Waals surface area contributed by atoms with Gasteiger partial charge in [-0.25, -0.2) is 9.97 Å². The zero-order valence-electron chi connectivity index (χ0n) is 25.6. The molecule has 214 valence electrons. The zero-order chi connectivity index (χ0) is 29.0. The summed E-state index contributed by atoms with van der Waals surface area (Å²) >= 11 is 0. The quantitative estimate of drug-likeness (QED) is 0.352. The molecule has 6 heteroatoms. The molecule has 1 aliphatic rings. The van der Waals surface area contributed by atoms with Crippen molar-refractivity contribution in [1.82, 2.24) is 14.9 Å². The molecule has 1 aromatic heterocycles. The molecule has 6 nitrogen and oxygen atoms in total. The predicted octanol–water partition coefficient (Wildman–Crippen LogP) is 5.79. The van der Waals surface area contributed by atoms with E-state index in [-0.39, 0.29) is 11.9 Å². The number of aromatic nitrogens is 2. The number of nitrogens with zero attached hydrogens (tertiary/aromatic N) is 4. The summed E-state index contributed by atoms with van der Waals surface area (Å²) in [5, 5.41) is 0.